The number of amides is 1. The molecule has 0 spiro atoms. The summed E-state index contributed by atoms with van der Waals surface area (Å²) in [6.45, 7) is 16.0. The molecule has 3 saturated heterocycles. The largest absolute Gasteiger partial charge is 0.463 e. The maximum atomic E-state index is 14.2. The van der Waals surface area contributed by atoms with Gasteiger partial charge in [-0.3, -0.25) is 19.3 Å². The SMILES string of the molecule is C[C@H]1CN(C)[C@H]([C@@H]2CCN(C(=O)CN(C)C)C2)COC(=O)C(C)(C)C(=O)[C@H](C)[C@@H](O[C@@H]2O[C@H](C)C[C@H](N(C)C)[C@H]2O)C(C)(C)C1. The van der Waals surface area contributed by atoms with E-state index in [0.29, 0.717) is 26.1 Å². The zero-order valence-electron chi connectivity index (χ0n) is 30.0. The first-order valence-electron chi connectivity index (χ1n) is 16.8. The van der Waals surface area contributed by atoms with E-state index in [4.69, 9.17) is 14.2 Å². The van der Waals surface area contributed by atoms with Gasteiger partial charge >= 0.3 is 5.97 Å². The second kappa shape index (κ2) is 15.1. The minimum absolute atomic E-state index is 0.0944. The Morgan fingerprint density at radius 1 is 1.07 bits per heavy atom. The maximum Gasteiger partial charge on any atom is 0.319 e. The number of carbonyl (C=O) groups excluding carboxylic acids is 3. The normalized spacial score (nSPS) is 37.2. The Morgan fingerprint density at radius 3 is 2.31 bits per heavy atom. The van der Waals surface area contributed by atoms with Crippen LogP contribution in [0.4, 0.5) is 0 Å². The third-order valence-electron chi connectivity index (χ3n) is 10.3. The van der Waals surface area contributed by atoms with Crippen LogP contribution in [0, 0.1) is 28.6 Å². The van der Waals surface area contributed by atoms with Gasteiger partial charge in [-0.15, -0.1) is 0 Å². The van der Waals surface area contributed by atoms with Crippen LogP contribution < -0.4 is 0 Å². The van der Waals surface area contributed by atoms with E-state index in [1.54, 1.807) is 13.8 Å². The van der Waals surface area contributed by atoms with E-state index in [-0.39, 0.29) is 48.3 Å². The van der Waals surface area contributed by atoms with Crippen molar-refractivity contribution >= 4 is 17.7 Å². The zero-order chi connectivity index (χ0) is 34.0. The lowest BCUT2D eigenvalue weighted by Crippen LogP contribution is -2.57. The van der Waals surface area contributed by atoms with Gasteiger partial charge in [-0.25, -0.2) is 0 Å². The van der Waals surface area contributed by atoms with Crippen LogP contribution in [0.2, 0.25) is 0 Å². The standard InChI is InChI=1S/C34H62N4O7/c1-21-16-33(4,5)30(45-31-28(40)25(36(10)11)15-22(2)44-31)23(3)29(41)34(6,7)32(42)43-20-26(37(12)17-21)24-13-14-38(18-24)27(39)19-35(8)9/h21-26,28,30-31,40H,13-20H2,1-12H3/t21-,22-,23+,24-,25+,26+,28-,30-,31+/m1/s1. The van der Waals surface area contributed by atoms with Crippen molar-refractivity contribution in [2.75, 3.05) is 68.0 Å². The van der Waals surface area contributed by atoms with Crippen molar-refractivity contribution in [1.29, 1.82) is 0 Å². The van der Waals surface area contributed by atoms with E-state index in [1.165, 1.54) is 0 Å². The fraction of sp³-hybridized carbons (Fsp3) is 0.912. The van der Waals surface area contributed by atoms with Crippen molar-refractivity contribution in [2.24, 2.45) is 28.6 Å². The third kappa shape index (κ3) is 9.05. The Hall–Kier alpha value is -1.63. The molecule has 260 valence electrons. The molecule has 3 rings (SSSR count). The number of aliphatic hydroxyl groups excluding tert-OH is 1. The molecular weight excluding hydrogens is 576 g/mol. The maximum absolute atomic E-state index is 14.2. The number of rotatable bonds is 6. The van der Waals surface area contributed by atoms with Gasteiger partial charge in [0.15, 0.2) is 12.1 Å². The highest BCUT2D eigenvalue weighted by molar-refractivity contribution is 6.04. The molecule has 3 fully saturated rings. The van der Waals surface area contributed by atoms with Crippen molar-refractivity contribution in [3.05, 3.63) is 0 Å². The average Bonchev–Trinajstić information content (AvgIpc) is 3.41. The van der Waals surface area contributed by atoms with E-state index in [0.717, 1.165) is 19.4 Å². The van der Waals surface area contributed by atoms with E-state index >= 15 is 0 Å². The lowest BCUT2D eigenvalue weighted by molar-refractivity contribution is -0.285. The van der Waals surface area contributed by atoms with E-state index < -0.39 is 41.2 Å². The number of hydrogen-bond acceptors (Lipinski definition) is 10. The molecule has 0 saturated carbocycles. The number of ketones is 1. The number of ether oxygens (including phenoxy) is 3. The summed E-state index contributed by atoms with van der Waals surface area (Å²) in [7, 11) is 9.71. The number of Topliss-reactive ketones (excluding diaryl/α,β-unsaturated/α-hetero) is 1. The molecule has 11 heteroatoms. The van der Waals surface area contributed by atoms with E-state index in [1.807, 2.05) is 56.7 Å². The first-order chi connectivity index (χ1) is 20.8. The molecule has 9 atom stereocenters. The lowest BCUT2D eigenvalue weighted by Gasteiger charge is -2.46. The smallest absolute Gasteiger partial charge is 0.319 e. The molecule has 11 nitrogen and oxygen atoms in total. The van der Waals surface area contributed by atoms with Gasteiger partial charge in [0.1, 0.15) is 18.1 Å². The molecule has 0 radical (unpaired) electrons. The second-order valence-corrected chi connectivity index (χ2v) is 15.9. The first-order valence-corrected chi connectivity index (χ1v) is 16.8. The zero-order valence-corrected chi connectivity index (χ0v) is 30.0. The number of esters is 1. The quantitative estimate of drug-likeness (QED) is 0.344. The molecule has 0 bridgehead atoms. The Labute approximate surface area is 271 Å². The molecule has 3 aliphatic rings. The van der Waals surface area contributed by atoms with Crippen LogP contribution in [0.3, 0.4) is 0 Å². The minimum atomic E-state index is -1.41. The van der Waals surface area contributed by atoms with Crippen molar-refractivity contribution in [1.82, 2.24) is 19.6 Å². The van der Waals surface area contributed by atoms with Crippen LogP contribution in [0.15, 0.2) is 0 Å². The summed E-state index contributed by atoms with van der Waals surface area (Å²) < 4.78 is 18.8. The number of carbonyl (C=O) groups is 3. The van der Waals surface area contributed by atoms with Crippen LogP contribution in [0.1, 0.15) is 67.7 Å². The van der Waals surface area contributed by atoms with Crippen molar-refractivity contribution in [2.45, 2.75) is 104 Å². The fourth-order valence-corrected chi connectivity index (χ4v) is 7.95. The number of nitrogens with zero attached hydrogens (tertiary/aromatic N) is 4. The number of cyclic esters (lactones) is 1. The van der Waals surface area contributed by atoms with Crippen molar-refractivity contribution in [3.63, 3.8) is 0 Å². The molecule has 0 aromatic carbocycles. The number of hydrogen-bond donors (Lipinski definition) is 1. The first kappa shape index (κ1) is 37.8. The molecule has 3 aliphatic heterocycles. The minimum Gasteiger partial charge on any atom is -0.463 e. The lowest BCUT2D eigenvalue weighted by atomic mass is 9.69. The molecule has 0 aromatic heterocycles. The summed E-state index contributed by atoms with van der Waals surface area (Å²) in [5.74, 6) is -1.02. The summed E-state index contributed by atoms with van der Waals surface area (Å²) in [6, 6.07) is -0.244. The van der Waals surface area contributed by atoms with Gasteiger partial charge < -0.3 is 34.0 Å². The third-order valence-corrected chi connectivity index (χ3v) is 10.3. The summed E-state index contributed by atoms with van der Waals surface area (Å²) >= 11 is 0. The monoisotopic (exact) mass is 638 g/mol. The molecule has 0 aromatic rings. The predicted octanol–water partition coefficient (Wildman–Crippen LogP) is 2.35. The van der Waals surface area contributed by atoms with Gasteiger partial charge in [0, 0.05) is 37.6 Å². The van der Waals surface area contributed by atoms with Crippen molar-refractivity contribution < 1.29 is 33.7 Å². The van der Waals surface area contributed by atoms with Crippen LogP contribution in [-0.2, 0) is 28.6 Å². The van der Waals surface area contributed by atoms with Gasteiger partial charge in [0.2, 0.25) is 5.91 Å². The van der Waals surface area contributed by atoms with E-state index in [2.05, 4.69) is 32.7 Å². The molecule has 1 amide bonds. The summed E-state index contributed by atoms with van der Waals surface area (Å²) in [4.78, 5) is 48.7. The second-order valence-electron chi connectivity index (χ2n) is 15.9. The Bertz CT molecular complexity index is 1030. The predicted molar refractivity (Wildman–Crippen MR) is 173 cm³/mol. The number of likely N-dealkylation sites (N-methyl/N-ethyl adjacent to an activating group) is 3. The van der Waals surface area contributed by atoms with Gasteiger partial charge in [-0.2, -0.15) is 0 Å². The topological polar surface area (TPSA) is 112 Å². The Morgan fingerprint density at radius 2 is 1.71 bits per heavy atom. The summed E-state index contributed by atoms with van der Waals surface area (Å²) in [5.41, 5.74) is -1.91. The highest BCUT2D eigenvalue weighted by atomic mass is 16.7. The average molecular weight is 639 g/mol. The van der Waals surface area contributed by atoms with Gasteiger partial charge in [0.05, 0.1) is 18.8 Å². The molecule has 0 aliphatic carbocycles. The fourth-order valence-electron chi connectivity index (χ4n) is 7.95. The molecule has 3 heterocycles. The van der Waals surface area contributed by atoms with Gasteiger partial charge in [0.25, 0.3) is 0 Å². The summed E-state index contributed by atoms with van der Waals surface area (Å²) in [5, 5.41) is 11.3. The van der Waals surface area contributed by atoms with Gasteiger partial charge in [-0.05, 0) is 92.5 Å². The van der Waals surface area contributed by atoms with Crippen LogP contribution in [0.25, 0.3) is 0 Å². The highest BCUT2D eigenvalue weighted by Gasteiger charge is 2.50. The number of aliphatic hydroxyl groups is 1. The highest BCUT2D eigenvalue weighted by Crippen LogP contribution is 2.41. The van der Waals surface area contributed by atoms with Crippen molar-refractivity contribution in [3.8, 4) is 0 Å². The molecule has 0 unspecified atom stereocenters. The van der Waals surface area contributed by atoms with E-state index in [9.17, 15) is 19.5 Å². The molecule has 1 N–H and O–H groups in total. The molecular formula is C34H62N4O7. The van der Waals surface area contributed by atoms with Crippen LogP contribution in [0.5, 0.6) is 0 Å². The number of likely N-dealkylation sites (tertiary alicyclic amines) is 1. The van der Waals surface area contributed by atoms with Crippen LogP contribution >= 0.6 is 0 Å². The van der Waals surface area contributed by atoms with Crippen LogP contribution in [-0.4, -0.2) is 147 Å². The Kier molecular flexibility index (Phi) is 12.7. The summed E-state index contributed by atoms with van der Waals surface area (Å²) in [6.07, 6.45) is -0.309. The van der Waals surface area contributed by atoms with Gasteiger partial charge in [-0.1, -0.05) is 27.7 Å². The Balaban J connectivity index is 1.91. The molecule has 45 heavy (non-hydrogen) atoms.